The van der Waals surface area contributed by atoms with E-state index in [-0.39, 0.29) is 0 Å². The Morgan fingerprint density at radius 2 is 1.26 bits per heavy atom. The van der Waals surface area contributed by atoms with Gasteiger partial charge in [-0.3, -0.25) is 0 Å². The molecule has 0 bridgehead atoms. The third-order valence-electron chi connectivity index (χ3n) is 3.69. The predicted octanol–water partition coefficient (Wildman–Crippen LogP) is 3.42. The second kappa shape index (κ2) is 16.0. The highest BCUT2D eigenvalue weighted by Crippen LogP contribution is 2.10. The fourth-order valence-electron chi connectivity index (χ4n) is 2.28. The van der Waals surface area contributed by atoms with E-state index in [1.807, 2.05) is 12.1 Å². The Labute approximate surface area is 141 Å². The first-order valence-electron chi connectivity index (χ1n) is 8.97. The molecule has 0 aliphatic rings. The van der Waals surface area contributed by atoms with E-state index in [9.17, 15) is 0 Å². The van der Waals surface area contributed by atoms with Gasteiger partial charge in [0.1, 0.15) is 11.5 Å². The zero-order chi connectivity index (χ0) is 17.3. The summed E-state index contributed by atoms with van der Waals surface area (Å²) < 4.78 is 5.13. The first-order valence-corrected chi connectivity index (χ1v) is 8.97. The van der Waals surface area contributed by atoms with E-state index in [1.54, 1.807) is 0 Å². The zero-order valence-corrected chi connectivity index (χ0v) is 14.7. The Bertz CT molecular complexity index is 335. The fourth-order valence-corrected chi connectivity index (χ4v) is 2.28. The van der Waals surface area contributed by atoms with Crippen molar-refractivity contribution in [3.8, 4) is 0 Å². The first-order chi connectivity index (χ1) is 11.1. The van der Waals surface area contributed by atoms with E-state index >= 15 is 0 Å². The largest absolute Gasteiger partial charge is 0.463 e. The summed E-state index contributed by atoms with van der Waals surface area (Å²) in [7, 11) is 0. The third-order valence-corrected chi connectivity index (χ3v) is 3.69. The van der Waals surface area contributed by atoms with Crippen LogP contribution in [0.15, 0.2) is 16.5 Å². The van der Waals surface area contributed by atoms with Gasteiger partial charge in [0.05, 0.1) is 13.1 Å². The molecule has 0 unspecified atom stereocenters. The molecular formula is C18H36N2O3. The van der Waals surface area contributed by atoms with Gasteiger partial charge in [-0.05, 0) is 25.0 Å². The monoisotopic (exact) mass is 328 g/mol. The van der Waals surface area contributed by atoms with Gasteiger partial charge in [0.25, 0.3) is 0 Å². The van der Waals surface area contributed by atoms with Gasteiger partial charge in [-0.25, -0.2) is 0 Å². The van der Waals surface area contributed by atoms with E-state index < -0.39 is 6.29 Å². The van der Waals surface area contributed by atoms with E-state index in [2.05, 4.69) is 6.92 Å². The highest BCUT2D eigenvalue weighted by atomic mass is 16.5. The topological polar surface area (TPSA) is 106 Å². The minimum absolute atomic E-state index is 0.444. The fraction of sp³-hybridized carbons (Fsp3) is 0.778. The molecule has 5 heteroatoms. The average Bonchev–Trinajstić information content (AvgIpc) is 3.02. The summed E-state index contributed by atoms with van der Waals surface area (Å²) in [5, 5.41) is 17.2. The molecule has 6 N–H and O–H groups in total. The maximum Gasteiger partial charge on any atom is 0.151 e. The van der Waals surface area contributed by atoms with Crippen molar-refractivity contribution in [3.63, 3.8) is 0 Å². The molecule has 5 nitrogen and oxygen atoms in total. The van der Waals surface area contributed by atoms with Crippen LogP contribution < -0.4 is 11.5 Å². The Hall–Kier alpha value is -0.880. The van der Waals surface area contributed by atoms with Gasteiger partial charge in [0.2, 0.25) is 0 Å². The van der Waals surface area contributed by atoms with Crippen LogP contribution in [0.1, 0.15) is 82.7 Å². The lowest BCUT2D eigenvalue weighted by molar-refractivity contribution is -0.0466. The SMILES string of the molecule is CCCCCCCCCCCC(O)O.NCc1ccc(CN)o1. The first kappa shape index (κ1) is 22.1. The number of hydrogen-bond acceptors (Lipinski definition) is 5. The van der Waals surface area contributed by atoms with E-state index in [0.717, 1.165) is 24.4 Å². The van der Waals surface area contributed by atoms with Crippen LogP contribution in [-0.2, 0) is 13.1 Å². The molecule has 1 rings (SSSR count). The van der Waals surface area contributed by atoms with Crippen molar-refractivity contribution in [2.24, 2.45) is 11.5 Å². The number of unbranched alkanes of at least 4 members (excludes halogenated alkanes) is 8. The minimum Gasteiger partial charge on any atom is -0.463 e. The van der Waals surface area contributed by atoms with Crippen LogP contribution in [0.3, 0.4) is 0 Å². The lowest BCUT2D eigenvalue weighted by Gasteiger charge is -2.03. The summed E-state index contributed by atoms with van der Waals surface area (Å²) in [6.45, 7) is 3.13. The van der Waals surface area contributed by atoms with Crippen LogP contribution in [0.25, 0.3) is 0 Å². The zero-order valence-electron chi connectivity index (χ0n) is 14.7. The number of furan rings is 1. The quantitative estimate of drug-likeness (QED) is 0.347. The van der Waals surface area contributed by atoms with Crippen molar-refractivity contribution in [2.45, 2.75) is 90.5 Å². The van der Waals surface area contributed by atoms with Crippen molar-refractivity contribution in [3.05, 3.63) is 23.7 Å². The van der Waals surface area contributed by atoms with Crippen LogP contribution in [0, 0.1) is 0 Å². The van der Waals surface area contributed by atoms with Crippen LogP contribution in [0.4, 0.5) is 0 Å². The summed E-state index contributed by atoms with van der Waals surface area (Å²) in [6, 6.07) is 3.67. The summed E-state index contributed by atoms with van der Waals surface area (Å²) in [6.07, 6.45) is 10.9. The molecular weight excluding hydrogens is 292 g/mol. The van der Waals surface area contributed by atoms with Gasteiger partial charge >= 0.3 is 0 Å². The van der Waals surface area contributed by atoms with Crippen LogP contribution >= 0.6 is 0 Å². The molecule has 0 saturated carbocycles. The molecule has 0 saturated heterocycles. The van der Waals surface area contributed by atoms with E-state index in [4.69, 9.17) is 26.1 Å². The molecule has 0 spiro atoms. The normalized spacial score (nSPS) is 10.7. The number of aliphatic hydroxyl groups excluding tert-OH is 1. The smallest absolute Gasteiger partial charge is 0.151 e. The Kier molecular flexibility index (Phi) is 15.4. The van der Waals surface area contributed by atoms with E-state index in [0.29, 0.717) is 19.5 Å². The summed E-state index contributed by atoms with van der Waals surface area (Å²) >= 11 is 0. The highest BCUT2D eigenvalue weighted by Gasteiger charge is 1.97. The average molecular weight is 328 g/mol. The third kappa shape index (κ3) is 14.4. The molecule has 0 aromatic carbocycles. The molecule has 0 amide bonds. The van der Waals surface area contributed by atoms with Gasteiger partial charge in [0.15, 0.2) is 6.29 Å². The maximum atomic E-state index is 8.61. The Morgan fingerprint density at radius 1 is 0.826 bits per heavy atom. The second-order valence-electron chi connectivity index (χ2n) is 5.87. The molecule has 1 aromatic heterocycles. The van der Waals surface area contributed by atoms with E-state index in [1.165, 1.54) is 44.9 Å². The molecule has 0 fully saturated rings. The molecule has 0 aliphatic carbocycles. The molecule has 136 valence electrons. The Morgan fingerprint density at radius 3 is 1.61 bits per heavy atom. The number of hydrogen-bond donors (Lipinski definition) is 4. The van der Waals surface area contributed by atoms with Crippen LogP contribution in [0.5, 0.6) is 0 Å². The standard InChI is InChI=1S/C12H26O2.C6H10N2O/c1-2-3-4-5-6-7-8-9-10-11-12(13)14;7-3-5-1-2-6(4-8)9-5/h12-14H,2-11H2,1H3;1-2H,3-4,7-8H2. The number of aliphatic hydroxyl groups is 2. The van der Waals surface area contributed by atoms with Crippen molar-refractivity contribution in [1.29, 1.82) is 0 Å². The summed E-state index contributed by atoms with van der Waals surface area (Å²) in [4.78, 5) is 0. The molecule has 0 atom stereocenters. The summed E-state index contributed by atoms with van der Waals surface area (Å²) in [5.41, 5.74) is 10.6. The second-order valence-corrected chi connectivity index (χ2v) is 5.87. The van der Waals surface area contributed by atoms with Gasteiger partial charge in [-0.2, -0.15) is 0 Å². The summed E-state index contributed by atoms with van der Waals surface area (Å²) in [5.74, 6) is 1.57. The molecule has 1 heterocycles. The molecule has 23 heavy (non-hydrogen) atoms. The minimum atomic E-state index is -1.10. The van der Waals surface area contributed by atoms with Crippen LogP contribution in [-0.4, -0.2) is 16.5 Å². The van der Waals surface area contributed by atoms with Crippen LogP contribution in [0.2, 0.25) is 0 Å². The predicted molar refractivity (Wildman–Crippen MR) is 94.6 cm³/mol. The number of rotatable bonds is 12. The lowest BCUT2D eigenvalue weighted by atomic mass is 10.1. The van der Waals surface area contributed by atoms with Crippen molar-refractivity contribution >= 4 is 0 Å². The van der Waals surface area contributed by atoms with Gasteiger partial charge in [0, 0.05) is 0 Å². The molecule has 1 aromatic rings. The Balaban J connectivity index is 0.000000459. The highest BCUT2D eigenvalue weighted by molar-refractivity contribution is 5.06. The molecule has 0 aliphatic heterocycles. The van der Waals surface area contributed by atoms with Gasteiger partial charge in [-0.15, -0.1) is 0 Å². The lowest BCUT2D eigenvalue weighted by Crippen LogP contribution is -2.02. The molecule has 0 radical (unpaired) electrons. The maximum absolute atomic E-state index is 8.61. The van der Waals surface area contributed by atoms with Crippen molar-refractivity contribution < 1.29 is 14.6 Å². The van der Waals surface area contributed by atoms with Gasteiger partial charge < -0.3 is 26.1 Å². The van der Waals surface area contributed by atoms with Gasteiger partial charge in [-0.1, -0.05) is 58.3 Å². The number of nitrogens with two attached hydrogens (primary N) is 2. The van der Waals surface area contributed by atoms with Crippen molar-refractivity contribution in [1.82, 2.24) is 0 Å². The van der Waals surface area contributed by atoms with Crippen molar-refractivity contribution in [2.75, 3.05) is 0 Å².